The fourth-order valence-corrected chi connectivity index (χ4v) is 0.980. The maximum Gasteiger partial charge on any atom is 0.234 e. The Bertz CT molecular complexity index is 247. The van der Waals surface area contributed by atoms with E-state index in [1.165, 1.54) is 0 Å². The highest BCUT2D eigenvalue weighted by molar-refractivity contribution is 5.78. The Hall–Kier alpha value is -0.610. The molecule has 0 aromatic carbocycles. The molecule has 0 bridgehead atoms. The lowest BCUT2D eigenvalue weighted by Crippen LogP contribution is -2.58. The quantitative estimate of drug-likeness (QED) is 0.676. The van der Waals surface area contributed by atoms with E-state index in [1.54, 1.807) is 13.8 Å². The summed E-state index contributed by atoms with van der Waals surface area (Å²) in [5, 5.41) is 15.8. The van der Waals surface area contributed by atoms with E-state index in [0.717, 1.165) is 0 Å². The Labute approximate surface area is 98.8 Å². The second-order valence-corrected chi connectivity index (χ2v) is 6.34. The Balaban J connectivity index is 4.22. The second-order valence-electron chi connectivity index (χ2n) is 6.34. The zero-order valence-corrected chi connectivity index (χ0v) is 11.6. The molecule has 1 amide bonds. The predicted molar refractivity (Wildman–Crippen MR) is 66.3 cm³/mol. The van der Waals surface area contributed by atoms with Gasteiger partial charge in [-0.1, -0.05) is 0 Å². The number of hydrogen-bond acceptors (Lipinski definition) is 3. The highest BCUT2D eigenvalue weighted by Gasteiger charge is 2.34. The first-order valence-electron chi connectivity index (χ1n) is 5.63. The van der Waals surface area contributed by atoms with Crippen molar-refractivity contribution in [1.82, 2.24) is 10.6 Å². The smallest absolute Gasteiger partial charge is 0.234 e. The van der Waals surface area contributed by atoms with Crippen molar-refractivity contribution in [1.29, 1.82) is 0 Å². The number of rotatable bonds is 4. The molecule has 0 heterocycles. The molecule has 0 rings (SSSR count). The van der Waals surface area contributed by atoms with Gasteiger partial charge < -0.3 is 15.7 Å². The fraction of sp³-hybridized carbons (Fsp3) is 0.917. The number of carbonyl (C=O) groups is 1. The van der Waals surface area contributed by atoms with Gasteiger partial charge in [0.2, 0.25) is 5.91 Å². The van der Waals surface area contributed by atoms with Crippen LogP contribution in [-0.2, 0) is 4.79 Å². The number of amides is 1. The molecule has 0 aliphatic rings. The lowest BCUT2D eigenvalue weighted by Gasteiger charge is -2.38. The molecule has 4 heteroatoms. The van der Waals surface area contributed by atoms with Gasteiger partial charge >= 0.3 is 0 Å². The average Bonchev–Trinajstić information content (AvgIpc) is 1.95. The van der Waals surface area contributed by atoms with Gasteiger partial charge in [0.15, 0.2) is 0 Å². The third-order valence-electron chi connectivity index (χ3n) is 2.73. The Morgan fingerprint density at radius 2 is 1.50 bits per heavy atom. The average molecular weight is 230 g/mol. The van der Waals surface area contributed by atoms with Gasteiger partial charge in [-0.2, -0.15) is 0 Å². The van der Waals surface area contributed by atoms with Crippen LogP contribution in [0.5, 0.6) is 0 Å². The molecule has 0 aliphatic carbocycles. The molecule has 0 radical (unpaired) electrons. The lowest BCUT2D eigenvalue weighted by atomic mass is 9.86. The van der Waals surface area contributed by atoms with Gasteiger partial charge in [0, 0.05) is 11.1 Å². The van der Waals surface area contributed by atoms with Gasteiger partial charge in [0.25, 0.3) is 0 Å². The molecule has 0 unspecified atom stereocenters. The first kappa shape index (κ1) is 15.4. The van der Waals surface area contributed by atoms with Crippen LogP contribution < -0.4 is 10.6 Å². The Morgan fingerprint density at radius 3 is 1.81 bits per heavy atom. The summed E-state index contributed by atoms with van der Waals surface area (Å²) in [4.78, 5) is 11.6. The minimum atomic E-state index is -0.880. The van der Waals surface area contributed by atoms with Gasteiger partial charge in [0.1, 0.15) is 0 Å². The molecule has 0 aromatic rings. The molecule has 0 aliphatic heterocycles. The second kappa shape index (κ2) is 4.72. The molecule has 0 spiro atoms. The van der Waals surface area contributed by atoms with Crippen LogP contribution in [0.25, 0.3) is 0 Å². The van der Waals surface area contributed by atoms with Crippen molar-refractivity contribution in [3.8, 4) is 0 Å². The molecule has 0 fully saturated rings. The SMILES string of the molecule is CC(C)(C)NC(=O)CNC(C)(C)C(C)(C)O. The summed E-state index contributed by atoms with van der Waals surface area (Å²) in [5.41, 5.74) is -1.62. The number of hydrogen-bond donors (Lipinski definition) is 3. The summed E-state index contributed by atoms with van der Waals surface area (Å²) in [6.07, 6.45) is 0. The normalized spacial score (nSPS) is 13.8. The van der Waals surface area contributed by atoms with Gasteiger partial charge in [-0.3, -0.25) is 4.79 Å². The Kier molecular flexibility index (Phi) is 4.54. The standard InChI is InChI=1S/C12H26N2O2/c1-10(2,3)14-9(15)8-13-11(4,5)12(6,7)16/h13,16H,8H2,1-7H3,(H,14,15). The maximum atomic E-state index is 11.6. The van der Waals surface area contributed by atoms with Crippen LogP contribution in [0.2, 0.25) is 0 Å². The number of aliphatic hydroxyl groups is 1. The summed E-state index contributed by atoms with van der Waals surface area (Å²) in [6, 6.07) is 0. The van der Waals surface area contributed by atoms with Crippen molar-refractivity contribution >= 4 is 5.91 Å². The van der Waals surface area contributed by atoms with E-state index in [1.807, 2.05) is 34.6 Å². The van der Waals surface area contributed by atoms with Gasteiger partial charge in [-0.25, -0.2) is 0 Å². The van der Waals surface area contributed by atoms with Crippen molar-refractivity contribution in [2.75, 3.05) is 6.54 Å². The first-order chi connectivity index (χ1) is 6.85. The molecule has 96 valence electrons. The van der Waals surface area contributed by atoms with Crippen molar-refractivity contribution in [2.24, 2.45) is 0 Å². The van der Waals surface area contributed by atoms with Crippen LogP contribution in [0.3, 0.4) is 0 Å². The number of carbonyl (C=O) groups excluding carboxylic acids is 1. The lowest BCUT2D eigenvalue weighted by molar-refractivity contribution is -0.122. The van der Waals surface area contributed by atoms with Gasteiger partial charge in [-0.05, 0) is 48.5 Å². The predicted octanol–water partition coefficient (Wildman–Crippen LogP) is 1.04. The van der Waals surface area contributed by atoms with Crippen LogP contribution in [0.1, 0.15) is 48.5 Å². The third-order valence-corrected chi connectivity index (χ3v) is 2.73. The van der Waals surface area contributed by atoms with Crippen LogP contribution in [0.4, 0.5) is 0 Å². The molecule has 0 saturated heterocycles. The zero-order valence-electron chi connectivity index (χ0n) is 11.6. The summed E-state index contributed by atoms with van der Waals surface area (Å²) in [6.45, 7) is 13.2. The minimum Gasteiger partial charge on any atom is -0.389 e. The molecule has 3 N–H and O–H groups in total. The molecule has 4 nitrogen and oxygen atoms in total. The number of nitrogens with one attached hydrogen (secondary N) is 2. The molecule has 0 saturated carbocycles. The van der Waals surface area contributed by atoms with E-state index in [-0.39, 0.29) is 18.0 Å². The summed E-state index contributed by atoms with van der Waals surface area (Å²) >= 11 is 0. The van der Waals surface area contributed by atoms with Crippen molar-refractivity contribution in [3.63, 3.8) is 0 Å². The van der Waals surface area contributed by atoms with Crippen LogP contribution in [0.15, 0.2) is 0 Å². The van der Waals surface area contributed by atoms with E-state index >= 15 is 0 Å². The largest absolute Gasteiger partial charge is 0.389 e. The molecule has 0 atom stereocenters. The van der Waals surface area contributed by atoms with Crippen LogP contribution >= 0.6 is 0 Å². The summed E-state index contributed by atoms with van der Waals surface area (Å²) in [7, 11) is 0. The van der Waals surface area contributed by atoms with E-state index in [0.29, 0.717) is 0 Å². The monoisotopic (exact) mass is 230 g/mol. The van der Waals surface area contributed by atoms with Crippen LogP contribution in [-0.4, -0.2) is 34.2 Å². The molecular formula is C12H26N2O2. The first-order valence-corrected chi connectivity index (χ1v) is 5.63. The zero-order chi connectivity index (χ0) is 13.2. The fourth-order valence-electron chi connectivity index (χ4n) is 0.980. The minimum absolute atomic E-state index is 0.0650. The van der Waals surface area contributed by atoms with E-state index in [9.17, 15) is 9.90 Å². The molecule has 0 aromatic heterocycles. The highest BCUT2D eigenvalue weighted by atomic mass is 16.3. The van der Waals surface area contributed by atoms with Crippen LogP contribution in [0, 0.1) is 0 Å². The topological polar surface area (TPSA) is 61.4 Å². The van der Waals surface area contributed by atoms with Crippen molar-refractivity contribution < 1.29 is 9.90 Å². The molecular weight excluding hydrogens is 204 g/mol. The molecule has 16 heavy (non-hydrogen) atoms. The third kappa shape index (κ3) is 5.47. The Morgan fingerprint density at radius 1 is 1.06 bits per heavy atom. The van der Waals surface area contributed by atoms with E-state index in [4.69, 9.17) is 0 Å². The van der Waals surface area contributed by atoms with Crippen molar-refractivity contribution in [3.05, 3.63) is 0 Å². The summed E-state index contributed by atoms with van der Waals surface area (Å²) in [5.74, 6) is -0.0650. The van der Waals surface area contributed by atoms with Gasteiger partial charge in [0.05, 0.1) is 12.1 Å². The maximum absolute atomic E-state index is 11.6. The summed E-state index contributed by atoms with van der Waals surface area (Å²) < 4.78 is 0. The van der Waals surface area contributed by atoms with Crippen molar-refractivity contribution in [2.45, 2.75) is 65.1 Å². The van der Waals surface area contributed by atoms with E-state index < -0.39 is 11.1 Å². The van der Waals surface area contributed by atoms with Gasteiger partial charge in [-0.15, -0.1) is 0 Å². The highest BCUT2D eigenvalue weighted by Crippen LogP contribution is 2.19. The van der Waals surface area contributed by atoms with E-state index in [2.05, 4.69) is 10.6 Å².